The number of likely N-dealkylation sites (tertiary alicyclic amines) is 1. The van der Waals surface area contributed by atoms with Crippen molar-refractivity contribution >= 4 is 32.8 Å². The summed E-state index contributed by atoms with van der Waals surface area (Å²) in [6.07, 6.45) is 9.32. The van der Waals surface area contributed by atoms with Crippen molar-refractivity contribution in [2.75, 3.05) is 38.5 Å². The van der Waals surface area contributed by atoms with Gasteiger partial charge in [-0.3, -0.25) is 4.68 Å². The standard InChI is InChI=1S/C23H28N10O2S/c1-30-12-8-18(9-13-30)32-16-17(14-25-32)26-23-24-15-21-22(27-23)33(29-28-21)19-4-6-20(7-5-19)36(34,35)31-10-2-3-11-31/h4-7,14-16,18H,2-3,8-13H2,1H3,(H,24,26,27). The molecule has 1 N–H and O–H groups in total. The lowest BCUT2D eigenvalue weighted by Crippen LogP contribution is -2.31. The van der Waals surface area contributed by atoms with Gasteiger partial charge in [-0.05, 0) is 70.1 Å². The van der Waals surface area contributed by atoms with Crippen molar-refractivity contribution in [3.63, 3.8) is 0 Å². The Morgan fingerprint density at radius 2 is 1.75 bits per heavy atom. The lowest BCUT2D eigenvalue weighted by molar-refractivity contribution is 0.212. The van der Waals surface area contributed by atoms with Gasteiger partial charge in [0.15, 0.2) is 11.2 Å². The van der Waals surface area contributed by atoms with E-state index >= 15 is 0 Å². The summed E-state index contributed by atoms with van der Waals surface area (Å²) in [5, 5.41) is 16.1. The summed E-state index contributed by atoms with van der Waals surface area (Å²) in [4.78, 5) is 11.6. The first-order valence-corrected chi connectivity index (χ1v) is 13.6. The van der Waals surface area contributed by atoms with Crippen LogP contribution in [-0.2, 0) is 10.0 Å². The molecule has 2 aliphatic rings. The Hall–Kier alpha value is -3.42. The zero-order valence-corrected chi connectivity index (χ0v) is 20.8. The molecule has 5 heterocycles. The zero-order chi connectivity index (χ0) is 24.7. The molecule has 3 aromatic heterocycles. The van der Waals surface area contributed by atoms with Crippen LogP contribution in [0.5, 0.6) is 0 Å². The molecule has 0 aliphatic carbocycles. The molecule has 4 aromatic rings. The smallest absolute Gasteiger partial charge is 0.243 e. The Kier molecular flexibility index (Phi) is 5.90. The second-order valence-electron chi connectivity index (χ2n) is 9.38. The summed E-state index contributed by atoms with van der Waals surface area (Å²) < 4.78 is 30.8. The molecule has 188 valence electrons. The van der Waals surface area contributed by atoms with E-state index in [4.69, 9.17) is 0 Å². The van der Waals surface area contributed by atoms with Gasteiger partial charge in [0.1, 0.15) is 0 Å². The number of piperidine rings is 1. The van der Waals surface area contributed by atoms with Gasteiger partial charge in [0, 0.05) is 19.3 Å². The number of rotatable bonds is 6. The average molecular weight is 509 g/mol. The van der Waals surface area contributed by atoms with Crippen molar-refractivity contribution in [3.8, 4) is 5.69 Å². The highest BCUT2D eigenvalue weighted by atomic mass is 32.2. The minimum absolute atomic E-state index is 0.274. The number of nitrogens with one attached hydrogen (secondary N) is 1. The molecule has 0 bridgehead atoms. The molecule has 13 heteroatoms. The zero-order valence-electron chi connectivity index (χ0n) is 20.0. The molecule has 2 saturated heterocycles. The SMILES string of the molecule is CN1CCC(n2cc(Nc3ncc4nnn(-c5ccc(S(=O)(=O)N6CCCC6)cc5)c4n3)cn2)CC1. The fraction of sp³-hybridized carbons (Fsp3) is 0.435. The van der Waals surface area contributed by atoms with Crippen LogP contribution in [0.15, 0.2) is 47.8 Å². The Morgan fingerprint density at radius 1 is 1.00 bits per heavy atom. The number of anilines is 2. The average Bonchev–Trinajstić information content (AvgIpc) is 3.66. The number of fused-ring (bicyclic) bond motifs is 1. The van der Waals surface area contributed by atoms with Gasteiger partial charge < -0.3 is 10.2 Å². The lowest BCUT2D eigenvalue weighted by Gasteiger charge is -2.28. The van der Waals surface area contributed by atoms with Gasteiger partial charge in [0.2, 0.25) is 16.0 Å². The third-order valence-electron chi connectivity index (χ3n) is 6.90. The molecular weight excluding hydrogens is 480 g/mol. The first kappa shape index (κ1) is 23.0. The summed E-state index contributed by atoms with van der Waals surface area (Å²) >= 11 is 0. The van der Waals surface area contributed by atoms with E-state index in [1.807, 2.05) is 10.9 Å². The molecule has 0 atom stereocenters. The fourth-order valence-electron chi connectivity index (χ4n) is 4.79. The summed E-state index contributed by atoms with van der Waals surface area (Å²) in [6.45, 7) is 3.27. The van der Waals surface area contributed by atoms with Crippen molar-refractivity contribution in [2.24, 2.45) is 0 Å². The van der Waals surface area contributed by atoms with Gasteiger partial charge in [-0.15, -0.1) is 5.10 Å². The monoisotopic (exact) mass is 508 g/mol. The topological polar surface area (TPSA) is 127 Å². The number of sulfonamides is 1. The first-order chi connectivity index (χ1) is 17.5. The first-order valence-electron chi connectivity index (χ1n) is 12.2. The maximum atomic E-state index is 12.8. The Morgan fingerprint density at radius 3 is 2.50 bits per heavy atom. The van der Waals surface area contributed by atoms with Gasteiger partial charge in [-0.2, -0.15) is 19.1 Å². The molecule has 2 aliphatic heterocycles. The minimum Gasteiger partial charge on any atom is -0.321 e. The molecule has 1 aromatic carbocycles. The van der Waals surface area contributed by atoms with Gasteiger partial charge in [-0.1, -0.05) is 5.21 Å². The van der Waals surface area contributed by atoms with Crippen LogP contribution in [0.1, 0.15) is 31.7 Å². The summed E-state index contributed by atoms with van der Waals surface area (Å²) in [7, 11) is -1.33. The minimum atomic E-state index is -3.48. The van der Waals surface area contributed by atoms with Crippen LogP contribution in [-0.4, -0.2) is 85.6 Å². The van der Waals surface area contributed by atoms with Crippen molar-refractivity contribution in [3.05, 3.63) is 42.9 Å². The second kappa shape index (κ2) is 9.22. The Labute approximate surface area is 209 Å². The van der Waals surface area contributed by atoms with Gasteiger partial charge >= 0.3 is 0 Å². The van der Waals surface area contributed by atoms with E-state index in [-0.39, 0.29) is 4.90 Å². The van der Waals surface area contributed by atoms with E-state index in [0.29, 0.717) is 41.9 Å². The highest BCUT2D eigenvalue weighted by Gasteiger charge is 2.27. The van der Waals surface area contributed by atoms with E-state index in [0.717, 1.165) is 44.5 Å². The van der Waals surface area contributed by atoms with Crippen molar-refractivity contribution in [1.82, 2.24) is 43.9 Å². The highest BCUT2D eigenvalue weighted by molar-refractivity contribution is 7.89. The maximum Gasteiger partial charge on any atom is 0.243 e. The van der Waals surface area contributed by atoms with Gasteiger partial charge in [0.05, 0.1) is 34.7 Å². The molecule has 0 spiro atoms. The van der Waals surface area contributed by atoms with Crippen LogP contribution in [0.25, 0.3) is 16.9 Å². The van der Waals surface area contributed by atoms with Crippen LogP contribution in [0.3, 0.4) is 0 Å². The van der Waals surface area contributed by atoms with Gasteiger partial charge in [0.25, 0.3) is 0 Å². The molecule has 2 fully saturated rings. The van der Waals surface area contributed by atoms with Crippen LogP contribution in [0, 0.1) is 0 Å². The van der Waals surface area contributed by atoms with E-state index in [2.05, 4.69) is 42.6 Å². The number of hydrogen-bond donors (Lipinski definition) is 1. The second-order valence-corrected chi connectivity index (χ2v) is 11.3. The third-order valence-corrected chi connectivity index (χ3v) is 8.81. The number of nitrogens with zero attached hydrogens (tertiary/aromatic N) is 9. The normalized spacial score (nSPS) is 18.2. The molecule has 0 unspecified atom stereocenters. The molecule has 12 nitrogen and oxygen atoms in total. The van der Waals surface area contributed by atoms with Crippen LogP contribution < -0.4 is 5.32 Å². The number of hydrogen-bond acceptors (Lipinski definition) is 9. The molecular formula is C23H28N10O2S. The number of aromatic nitrogens is 7. The van der Waals surface area contributed by atoms with E-state index < -0.39 is 10.0 Å². The van der Waals surface area contributed by atoms with Crippen molar-refractivity contribution in [1.29, 1.82) is 0 Å². The molecule has 36 heavy (non-hydrogen) atoms. The van der Waals surface area contributed by atoms with Gasteiger partial charge in [-0.25, -0.2) is 13.4 Å². The van der Waals surface area contributed by atoms with E-state index in [1.165, 1.54) is 4.31 Å². The van der Waals surface area contributed by atoms with Crippen LogP contribution in [0.4, 0.5) is 11.6 Å². The maximum absolute atomic E-state index is 12.8. The fourth-order valence-corrected chi connectivity index (χ4v) is 6.31. The van der Waals surface area contributed by atoms with Crippen LogP contribution >= 0.6 is 0 Å². The lowest BCUT2D eigenvalue weighted by atomic mass is 10.1. The molecule has 0 amide bonds. The Bertz CT molecular complexity index is 1470. The van der Waals surface area contributed by atoms with E-state index in [9.17, 15) is 8.42 Å². The number of benzene rings is 1. The largest absolute Gasteiger partial charge is 0.321 e. The molecule has 0 saturated carbocycles. The quantitative estimate of drug-likeness (QED) is 0.417. The summed E-state index contributed by atoms with van der Waals surface area (Å²) in [5.41, 5.74) is 2.53. The molecule has 6 rings (SSSR count). The third kappa shape index (κ3) is 4.33. The van der Waals surface area contributed by atoms with Crippen LogP contribution in [0.2, 0.25) is 0 Å². The molecule has 0 radical (unpaired) electrons. The summed E-state index contributed by atoms with van der Waals surface area (Å²) in [5.74, 6) is 0.405. The van der Waals surface area contributed by atoms with Crippen molar-refractivity contribution in [2.45, 2.75) is 36.6 Å². The predicted molar refractivity (Wildman–Crippen MR) is 134 cm³/mol. The Balaban J connectivity index is 1.22. The van der Waals surface area contributed by atoms with Crippen molar-refractivity contribution < 1.29 is 8.42 Å². The highest BCUT2D eigenvalue weighted by Crippen LogP contribution is 2.25. The predicted octanol–water partition coefficient (Wildman–Crippen LogP) is 2.20. The summed E-state index contributed by atoms with van der Waals surface area (Å²) in [6, 6.07) is 7.04. The van der Waals surface area contributed by atoms with E-state index in [1.54, 1.807) is 41.3 Å².